The number of carboxylic acid groups (broad SMARTS) is 1. The Kier molecular flexibility index (Phi) is 7.72. The van der Waals surface area contributed by atoms with Crippen LogP contribution in [0.5, 0.6) is 0 Å². The molecule has 0 unspecified atom stereocenters. The van der Waals surface area contributed by atoms with E-state index in [-0.39, 0.29) is 36.2 Å². The number of benzene rings is 2. The number of amides is 1. The average Bonchev–Trinajstić information content (AvgIpc) is 2.83. The van der Waals surface area contributed by atoms with Crippen molar-refractivity contribution in [3.63, 3.8) is 0 Å². The third kappa shape index (κ3) is 5.28. The summed E-state index contributed by atoms with van der Waals surface area (Å²) in [6.07, 6.45) is 1.83. The molecule has 0 aliphatic carbocycles. The number of rotatable bonds is 7. The Morgan fingerprint density at radius 3 is 2.36 bits per heavy atom. The summed E-state index contributed by atoms with van der Waals surface area (Å²) in [5, 5.41) is 11.0. The molecular formula is C29H30Cl2N2O3. The van der Waals surface area contributed by atoms with E-state index in [2.05, 4.69) is 18.8 Å². The largest absolute Gasteiger partial charge is 0.481 e. The van der Waals surface area contributed by atoms with Crippen LogP contribution in [0.15, 0.2) is 72.9 Å². The number of carboxylic acids is 1. The highest BCUT2D eigenvalue weighted by atomic mass is 35.5. The van der Waals surface area contributed by atoms with Gasteiger partial charge in [0.15, 0.2) is 0 Å². The first kappa shape index (κ1) is 26.2. The summed E-state index contributed by atoms with van der Waals surface area (Å²) in [7, 11) is 0. The fraction of sp³-hybridized carbons (Fsp3) is 0.345. The van der Waals surface area contributed by atoms with Crippen molar-refractivity contribution in [3.8, 4) is 0 Å². The van der Waals surface area contributed by atoms with Gasteiger partial charge in [0, 0.05) is 22.2 Å². The number of aromatic nitrogens is 1. The monoisotopic (exact) mass is 524 g/mol. The Morgan fingerprint density at radius 2 is 1.78 bits per heavy atom. The fourth-order valence-electron chi connectivity index (χ4n) is 5.54. The second-order valence-electron chi connectivity index (χ2n) is 10.1. The van der Waals surface area contributed by atoms with Crippen molar-refractivity contribution < 1.29 is 14.7 Å². The molecule has 1 amide bonds. The van der Waals surface area contributed by atoms with Crippen molar-refractivity contribution in [2.45, 2.75) is 51.6 Å². The number of piperidine rings is 1. The average molecular weight is 525 g/mol. The summed E-state index contributed by atoms with van der Waals surface area (Å²) in [4.78, 5) is 32.8. The van der Waals surface area contributed by atoms with Gasteiger partial charge in [-0.2, -0.15) is 0 Å². The number of halogens is 2. The van der Waals surface area contributed by atoms with Crippen molar-refractivity contribution >= 4 is 35.1 Å². The number of pyridine rings is 1. The normalized spacial score (nSPS) is 23.1. The van der Waals surface area contributed by atoms with Gasteiger partial charge < -0.3 is 10.0 Å². The molecule has 1 aromatic heterocycles. The lowest BCUT2D eigenvalue weighted by Crippen LogP contribution is -2.54. The number of carbonyl (C=O) groups excluding carboxylic acids is 1. The van der Waals surface area contributed by atoms with E-state index in [1.165, 1.54) is 0 Å². The van der Waals surface area contributed by atoms with Crippen LogP contribution in [0, 0.1) is 11.3 Å². The van der Waals surface area contributed by atoms with Gasteiger partial charge in [-0.15, -0.1) is 0 Å². The first-order valence-electron chi connectivity index (χ1n) is 12.1. The molecule has 5 nitrogen and oxygen atoms in total. The van der Waals surface area contributed by atoms with Crippen LogP contribution in [-0.2, 0) is 9.59 Å². The van der Waals surface area contributed by atoms with Gasteiger partial charge in [0.25, 0.3) is 0 Å². The topological polar surface area (TPSA) is 70.5 Å². The van der Waals surface area contributed by atoms with Crippen LogP contribution in [0.25, 0.3) is 0 Å². The zero-order chi connectivity index (χ0) is 26.0. The van der Waals surface area contributed by atoms with Crippen molar-refractivity contribution in [1.29, 1.82) is 0 Å². The minimum atomic E-state index is -1.11. The molecule has 7 heteroatoms. The van der Waals surface area contributed by atoms with Crippen LogP contribution in [0.1, 0.15) is 68.4 Å². The van der Waals surface area contributed by atoms with E-state index in [4.69, 9.17) is 23.2 Å². The Labute approximate surface area is 222 Å². The number of likely N-dealkylation sites (tertiary alicyclic amines) is 1. The predicted molar refractivity (Wildman–Crippen MR) is 142 cm³/mol. The maximum Gasteiger partial charge on any atom is 0.304 e. The highest BCUT2D eigenvalue weighted by Crippen LogP contribution is 2.54. The number of aliphatic carboxylic acids is 1. The molecular weight excluding hydrogens is 495 g/mol. The van der Waals surface area contributed by atoms with E-state index < -0.39 is 11.4 Å². The first-order chi connectivity index (χ1) is 17.1. The Balaban J connectivity index is 1.98. The molecule has 1 aliphatic heterocycles. The maximum absolute atomic E-state index is 14.4. The highest BCUT2D eigenvalue weighted by molar-refractivity contribution is 6.30. The molecule has 4 atom stereocenters. The van der Waals surface area contributed by atoms with Crippen LogP contribution in [0.3, 0.4) is 0 Å². The second kappa shape index (κ2) is 10.6. The molecule has 2 heterocycles. The highest BCUT2D eigenvalue weighted by Gasteiger charge is 2.53. The predicted octanol–water partition coefficient (Wildman–Crippen LogP) is 7.32. The molecule has 1 aliphatic rings. The van der Waals surface area contributed by atoms with Crippen LogP contribution in [0.2, 0.25) is 10.0 Å². The van der Waals surface area contributed by atoms with E-state index in [1.54, 1.807) is 13.1 Å². The molecule has 0 saturated carbocycles. The Hall–Kier alpha value is -2.89. The summed E-state index contributed by atoms with van der Waals surface area (Å²) in [6.45, 7) is 5.88. The number of carbonyl (C=O) groups is 2. The van der Waals surface area contributed by atoms with Gasteiger partial charge in [-0.1, -0.05) is 74.3 Å². The first-order valence-corrected chi connectivity index (χ1v) is 12.8. The molecule has 3 aromatic rings. The zero-order valence-electron chi connectivity index (χ0n) is 20.6. The van der Waals surface area contributed by atoms with Gasteiger partial charge in [-0.3, -0.25) is 14.6 Å². The molecule has 0 radical (unpaired) electrons. The SMILES string of the molecule is CC(C)[C@@H](c1ccccn1)N1C(=O)[C@@](C)(CC(=O)O)C[C@H](c2cccc(Cl)c2)[C@H]1c1ccc(Cl)cc1. The van der Waals surface area contributed by atoms with E-state index in [1.807, 2.05) is 71.6 Å². The van der Waals surface area contributed by atoms with Gasteiger partial charge in [-0.25, -0.2) is 0 Å². The molecule has 1 saturated heterocycles. The third-order valence-electron chi connectivity index (χ3n) is 7.05. The summed E-state index contributed by atoms with van der Waals surface area (Å²) < 4.78 is 0. The Morgan fingerprint density at radius 1 is 1.06 bits per heavy atom. The summed E-state index contributed by atoms with van der Waals surface area (Å²) in [5.74, 6) is -1.37. The quantitative estimate of drug-likeness (QED) is 0.351. The van der Waals surface area contributed by atoms with Gasteiger partial charge in [-0.05, 0) is 59.9 Å². The molecule has 36 heavy (non-hydrogen) atoms. The molecule has 4 rings (SSSR count). The summed E-state index contributed by atoms with van der Waals surface area (Å²) >= 11 is 12.6. The summed E-state index contributed by atoms with van der Waals surface area (Å²) in [6, 6.07) is 20.1. The maximum atomic E-state index is 14.4. The van der Waals surface area contributed by atoms with E-state index in [0.29, 0.717) is 16.5 Å². The number of nitrogens with zero attached hydrogens (tertiary/aromatic N) is 2. The molecule has 0 spiro atoms. The van der Waals surface area contributed by atoms with Crippen LogP contribution in [0.4, 0.5) is 0 Å². The number of hydrogen-bond donors (Lipinski definition) is 1. The van der Waals surface area contributed by atoms with Gasteiger partial charge in [0.2, 0.25) is 5.91 Å². The molecule has 0 bridgehead atoms. The zero-order valence-corrected chi connectivity index (χ0v) is 22.1. The van der Waals surface area contributed by atoms with Crippen molar-refractivity contribution in [2.24, 2.45) is 11.3 Å². The second-order valence-corrected chi connectivity index (χ2v) is 11.0. The van der Waals surface area contributed by atoms with Gasteiger partial charge in [0.1, 0.15) is 0 Å². The van der Waals surface area contributed by atoms with Gasteiger partial charge >= 0.3 is 5.97 Å². The lowest BCUT2D eigenvalue weighted by atomic mass is 9.66. The Bertz CT molecular complexity index is 1230. The van der Waals surface area contributed by atoms with Crippen LogP contribution >= 0.6 is 23.2 Å². The van der Waals surface area contributed by atoms with Crippen molar-refractivity contribution in [3.05, 3.63) is 99.8 Å². The fourth-order valence-corrected chi connectivity index (χ4v) is 5.87. The summed E-state index contributed by atoms with van der Waals surface area (Å²) in [5.41, 5.74) is 1.55. The van der Waals surface area contributed by atoms with Gasteiger partial charge in [0.05, 0.1) is 29.6 Å². The molecule has 188 valence electrons. The molecule has 2 aromatic carbocycles. The minimum absolute atomic E-state index is 0.0193. The van der Waals surface area contributed by atoms with Crippen molar-refractivity contribution in [1.82, 2.24) is 9.88 Å². The van der Waals surface area contributed by atoms with E-state index in [0.717, 1.165) is 16.8 Å². The van der Waals surface area contributed by atoms with Crippen molar-refractivity contribution in [2.75, 3.05) is 0 Å². The van der Waals surface area contributed by atoms with E-state index in [9.17, 15) is 14.7 Å². The lowest BCUT2D eigenvalue weighted by molar-refractivity contribution is -0.162. The standard InChI is InChI=1S/C29H30Cl2N2O3/c1-18(2)26(24-9-4-5-14-32-24)33-27(19-10-12-21(30)13-11-19)23(20-7-6-8-22(31)15-20)16-29(3,28(33)36)17-25(34)35/h4-15,18,23,26-27H,16-17H2,1-3H3,(H,34,35)/t23-,26+,27-,29-/m1/s1. The number of hydrogen-bond acceptors (Lipinski definition) is 3. The van der Waals surface area contributed by atoms with Crippen LogP contribution in [-0.4, -0.2) is 26.9 Å². The molecule has 1 fully saturated rings. The smallest absolute Gasteiger partial charge is 0.304 e. The van der Waals surface area contributed by atoms with Crippen LogP contribution < -0.4 is 0 Å². The molecule has 1 N–H and O–H groups in total. The minimum Gasteiger partial charge on any atom is -0.481 e. The lowest BCUT2D eigenvalue weighted by Gasteiger charge is -2.52. The van der Waals surface area contributed by atoms with E-state index >= 15 is 0 Å². The third-order valence-corrected chi connectivity index (χ3v) is 7.54.